The van der Waals surface area contributed by atoms with E-state index in [9.17, 15) is 0 Å². The SMILES string of the molecule is Cc1ccccc1C(N)CSc1nnnn1C1CCCC1. The number of aryl methyl sites for hydroxylation is 1. The van der Waals surface area contributed by atoms with Gasteiger partial charge in [0.25, 0.3) is 0 Å². The highest BCUT2D eigenvalue weighted by Gasteiger charge is 2.22. The number of aromatic nitrogens is 4. The second-order valence-electron chi connectivity index (χ2n) is 5.62. The maximum absolute atomic E-state index is 6.32. The zero-order valence-electron chi connectivity index (χ0n) is 12.3. The minimum atomic E-state index is 0.00456. The number of nitrogens with two attached hydrogens (primary N) is 1. The minimum absolute atomic E-state index is 0.00456. The van der Waals surface area contributed by atoms with E-state index in [-0.39, 0.29) is 6.04 Å². The third kappa shape index (κ3) is 3.27. The first-order valence-electron chi connectivity index (χ1n) is 7.47. The Labute approximate surface area is 129 Å². The number of rotatable bonds is 5. The highest BCUT2D eigenvalue weighted by Crippen LogP contribution is 2.32. The van der Waals surface area contributed by atoms with Gasteiger partial charge in [0.15, 0.2) is 0 Å². The molecule has 21 heavy (non-hydrogen) atoms. The average Bonchev–Trinajstić information content (AvgIpc) is 3.16. The van der Waals surface area contributed by atoms with E-state index in [0.717, 1.165) is 10.9 Å². The Hall–Kier alpha value is -1.40. The van der Waals surface area contributed by atoms with Gasteiger partial charge in [-0.1, -0.05) is 48.9 Å². The Morgan fingerprint density at radius 2 is 2.10 bits per heavy atom. The van der Waals surface area contributed by atoms with E-state index < -0.39 is 0 Å². The number of thioether (sulfide) groups is 1. The lowest BCUT2D eigenvalue weighted by atomic mass is 10.0. The fraction of sp³-hybridized carbons (Fsp3) is 0.533. The zero-order chi connectivity index (χ0) is 14.7. The third-order valence-corrected chi connectivity index (χ3v) is 5.17. The molecule has 1 fully saturated rings. The molecule has 1 aromatic carbocycles. The summed E-state index contributed by atoms with van der Waals surface area (Å²) >= 11 is 1.65. The van der Waals surface area contributed by atoms with Crippen LogP contribution in [0.3, 0.4) is 0 Å². The zero-order valence-corrected chi connectivity index (χ0v) is 13.1. The van der Waals surface area contributed by atoms with Crippen LogP contribution in [-0.2, 0) is 0 Å². The van der Waals surface area contributed by atoms with Crippen molar-refractivity contribution < 1.29 is 0 Å². The van der Waals surface area contributed by atoms with Crippen LogP contribution in [0.2, 0.25) is 0 Å². The molecule has 1 aliphatic carbocycles. The van der Waals surface area contributed by atoms with E-state index >= 15 is 0 Å². The average molecular weight is 303 g/mol. The minimum Gasteiger partial charge on any atom is -0.323 e. The molecule has 0 amide bonds. The van der Waals surface area contributed by atoms with Crippen LogP contribution >= 0.6 is 11.8 Å². The fourth-order valence-electron chi connectivity index (χ4n) is 2.92. The van der Waals surface area contributed by atoms with Crippen LogP contribution in [0, 0.1) is 6.92 Å². The van der Waals surface area contributed by atoms with Gasteiger partial charge in [-0.25, -0.2) is 4.68 Å². The molecule has 0 saturated heterocycles. The van der Waals surface area contributed by atoms with Crippen LogP contribution in [0.1, 0.15) is 48.9 Å². The summed E-state index contributed by atoms with van der Waals surface area (Å²) in [5.74, 6) is 0.790. The van der Waals surface area contributed by atoms with E-state index in [1.54, 1.807) is 11.8 Å². The molecule has 5 nitrogen and oxygen atoms in total. The number of nitrogens with zero attached hydrogens (tertiary/aromatic N) is 4. The second kappa shape index (κ2) is 6.58. The number of benzene rings is 1. The Balaban J connectivity index is 1.65. The van der Waals surface area contributed by atoms with E-state index in [1.807, 2.05) is 16.8 Å². The van der Waals surface area contributed by atoms with Gasteiger partial charge < -0.3 is 5.73 Å². The van der Waals surface area contributed by atoms with Crippen molar-refractivity contribution in [2.45, 2.75) is 49.8 Å². The van der Waals surface area contributed by atoms with Crippen molar-refractivity contribution in [3.8, 4) is 0 Å². The lowest BCUT2D eigenvalue weighted by Crippen LogP contribution is -2.15. The highest BCUT2D eigenvalue weighted by atomic mass is 32.2. The van der Waals surface area contributed by atoms with Crippen LogP contribution in [0.15, 0.2) is 29.4 Å². The molecule has 1 atom stereocenters. The molecule has 1 aromatic heterocycles. The molecule has 0 bridgehead atoms. The molecule has 1 aliphatic rings. The monoisotopic (exact) mass is 303 g/mol. The van der Waals surface area contributed by atoms with Crippen molar-refractivity contribution in [2.75, 3.05) is 5.75 Å². The van der Waals surface area contributed by atoms with Crippen molar-refractivity contribution in [1.82, 2.24) is 20.2 Å². The van der Waals surface area contributed by atoms with Gasteiger partial charge in [-0.2, -0.15) is 0 Å². The van der Waals surface area contributed by atoms with Gasteiger partial charge in [0.1, 0.15) is 0 Å². The van der Waals surface area contributed by atoms with E-state index in [1.165, 1.54) is 36.8 Å². The van der Waals surface area contributed by atoms with Gasteiger partial charge in [-0.05, 0) is 41.3 Å². The topological polar surface area (TPSA) is 69.6 Å². The maximum Gasteiger partial charge on any atom is 0.209 e. The summed E-state index contributed by atoms with van der Waals surface area (Å²) in [4.78, 5) is 0. The second-order valence-corrected chi connectivity index (χ2v) is 6.61. The van der Waals surface area contributed by atoms with Gasteiger partial charge in [0.2, 0.25) is 5.16 Å². The Morgan fingerprint density at radius 3 is 2.86 bits per heavy atom. The van der Waals surface area contributed by atoms with Gasteiger partial charge >= 0.3 is 0 Å². The molecular formula is C15H21N5S. The van der Waals surface area contributed by atoms with Crippen LogP contribution in [-0.4, -0.2) is 26.0 Å². The summed E-state index contributed by atoms with van der Waals surface area (Å²) in [5.41, 5.74) is 8.75. The summed E-state index contributed by atoms with van der Waals surface area (Å²) in [7, 11) is 0. The lowest BCUT2D eigenvalue weighted by molar-refractivity contribution is 0.423. The van der Waals surface area contributed by atoms with Crippen LogP contribution in [0.5, 0.6) is 0 Å². The Kier molecular flexibility index (Phi) is 4.55. The predicted molar refractivity (Wildman–Crippen MR) is 84.2 cm³/mol. The van der Waals surface area contributed by atoms with Crippen LogP contribution in [0.4, 0.5) is 0 Å². The summed E-state index contributed by atoms with van der Waals surface area (Å²) in [6, 6.07) is 8.75. The largest absolute Gasteiger partial charge is 0.323 e. The summed E-state index contributed by atoms with van der Waals surface area (Å²) in [5, 5.41) is 13.0. The summed E-state index contributed by atoms with van der Waals surface area (Å²) < 4.78 is 1.99. The van der Waals surface area contributed by atoms with Crippen molar-refractivity contribution in [3.05, 3.63) is 35.4 Å². The van der Waals surface area contributed by atoms with Gasteiger partial charge in [0, 0.05) is 11.8 Å². The van der Waals surface area contributed by atoms with Crippen molar-refractivity contribution in [1.29, 1.82) is 0 Å². The van der Waals surface area contributed by atoms with Gasteiger partial charge in [0.05, 0.1) is 6.04 Å². The van der Waals surface area contributed by atoms with Crippen molar-refractivity contribution >= 4 is 11.8 Å². The lowest BCUT2D eigenvalue weighted by Gasteiger charge is -2.15. The molecule has 0 spiro atoms. The van der Waals surface area contributed by atoms with E-state index in [0.29, 0.717) is 6.04 Å². The first-order valence-corrected chi connectivity index (χ1v) is 8.46. The molecule has 0 radical (unpaired) electrons. The predicted octanol–water partition coefficient (Wildman–Crippen LogP) is 2.89. The molecule has 3 rings (SSSR count). The van der Waals surface area contributed by atoms with Gasteiger partial charge in [-0.15, -0.1) is 5.10 Å². The van der Waals surface area contributed by atoms with E-state index in [4.69, 9.17) is 5.73 Å². The van der Waals surface area contributed by atoms with Crippen LogP contribution < -0.4 is 5.73 Å². The highest BCUT2D eigenvalue weighted by molar-refractivity contribution is 7.99. The summed E-state index contributed by atoms with van der Waals surface area (Å²) in [6.07, 6.45) is 4.92. The Morgan fingerprint density at radius 1 is 1.33 bits per heavy atom. The molecule has 2 aromatic rings. The van der Waals surface area contributed by atoms with Crippen LogP contribution in [0.25, 0.3) is 0 Å². The molecule has 0 aliphatic heterocycles. The van der Waals surface area contributed by atoms with Crippen molar-refractivity contribution in [2.24, 2.45) is 5.73 Å². The van der Waals surface area contributed by atoms with Crippen molar-refractivity contribution in [3.63, 3.8) is 0 Å². The molecule has 2 N–H and O–H groups in total. The molecule has 6 heteroatoms. The number of hydrogen-bond acceptors (Lipinski definition) is 5. The normalized spacial score (nSPS) is 17.2. The molecule has 1 heterocycles. The van der Waals surface area contributed by atoms with E-state index in [2.05, 4.69) is 34.6 Å². The standard InChI is InChI=1S/C15H21N5S/c1-11-6-2-5-9-13(11)14(16)10-21-15-17-18-19-20(15)12-7-3-4-8-12/h2,5-6,9,12,14H,3-4,7-8,10,16H2,1H3. The summed E-state index contributed by atoms with van der Waals surface area (Å²) in [6.45, 7) is 2.10. The number of tetrazole rings is 1. The third-order valence-electron chi connectivity index (χ3n) is 4.11. The molecule has 112 valence electrons. The maximum atomic E-state index is 6.32. The van der Waals surface area contributed by atoms with Gasteiger partial charge in [-0.3, -0.25) is 0 Å². The quantitative estimate of drug-likeness (QED) is 0.860. The molecule has 1 saturated carbocycles. The first-order chi connectivity index (χ1) is 10.3. The number of hydrogen-bond donors (Lipinski definition) is 1. The molecular weight excluding hydrogens is 282 g/mol. The Bertz CT molecular complexity index is 591. The fourth-order valence-corrected chi connectivity index (χ4v) is 3.84. The molecule has 1 unspecified atom stereocenters. The smallest absolute Gasteiger partial charge is 0.209 e. The first kappa shape index (κ1) is 14.5.